The summed E-state index contributed by atoms with van der Waals surface area (Å²) in [6.07, 6.45) is 2.16. The van der Waals surface area contributed by atoms with E-state index in [1.54, 1.807) is 11.4 Å². The Morgan fingerprint density at radius 2 is 1.91 bits per heavy atom. The van der Waals surface area contributed by atoms with Gasteiger partial charge in [0.05, 0.1) is 35.8 Å². The second-order valence-corrected chi connectivity index (χ2v) is 8.77. The molecule has 34 heavy (non-hydrogen) atoms. The number of ether oxygens (including phenoxy) is 1. The first-order chi connectivity index (χ1) is 16.3. The molecular formula is C26H24F2N4O2. The van der Waals surface area contributed by atoms with Crippen LogP contribution in [0.25, 0.3) is 16.9 Å². The van der Waals surface area contributed by atoms with Crippen LogP contribution in [-0.2, 0) is 0 Å². The minimum atomic E-state index is -0.679. The number of aromatic nitrogens is 3. The second-order valence-electron chi connectivity index (χ2n) is 8.77. The number of hydrogen-bond donors (Lipinski definition) is 1. The normalized spacial score (nSPS) is 15.3. The van der Waals surface area contributed by atoms with Crippen LogP contribution in [0, 0.1) is 18.6 Å². The van der Waals surface area contributed by atoms with Crippen molar-refractivity contribution >= 4 is 11.6 Å². The number of fused-ring (bicyclic) bond motifs is 2. The maximum Gasteiger partial charge on any atom is 0.253 e. The average Bonchev–Trinajstić information content (AvgIpc) is 3.13. The number of aryl methyl sites for hydroxylation is 1. The smallest absolute Gasteiger partial charge is 0.253 e. The minimum Gasteiger partial charge on any atom is -0.493 e. The molecule has 174 valence electrons. The standard InChI is InChI=1S/C26H24F2N4O2/c1-14(2)23-20(26(33)31-21-8-9-34-22-7-5-4-6-19(21)22)13-29-32-24(15(3)30-25(23)32)16-10-17(27)12-18(28)11-16/h4-7,10-14,21H,8-9H2,1-3H3,(H,31,33). The van der Waals surface area contributed by atoms with Gasteiger partial charge in [0.15, 0.2) is 5.65 Å². The summed E-state index contributed by atoms with van der Waals surface area (Å²) in [5, 5.41) is 7.59. The van der Waals surface area contributed by atoms with Gasteiger partial charge in [0.1, 0.15) is 17.4 Å². The first-order valence-corrected chi connectivity index (χ1v) is 11.2. The Balaban J connectivity index is 1.58. The molecule has 5 rings (SSSR count). The van der Waals surface area contributed by atoms with E-state index in [1.165, 1.54) is 18.3 Å². The number of carbonyl (C=O) groups is 1. The van der Waals surface area contributed by atoms with E-state index in [-0.39, 0.29) is 17.9 Å². The van der Waals surface area contributed by atoms with Crippen molar-refractivity contribution in [2.24, 2.45) is 0 Å². The number of benzene rings is 2. The molecule has 2 aromatic heterocycles. The van der Waals surface area contributed by atoms with E-state index in [9.17, 15) is 13.6 Å². The van der Waals surface area contributed by atoms with Crippen molar-refractivity contribution in [3.63, 3.8) is 0 Å². The number of nitrogens with one attached hydrogen (secondary N) is 1. The number of imidazole rings is 1. The SMILES string of the molecule is Cc1nc2c(C(C)C)c(C(=O)NC3CCOc4ccccc43)cnn2c1-c1cc(F)cc(F)c1. The monoisotopic (exact) mass is 462 g/mol. The number of para-hydroxylation sites is 1. The summed E-state index contributed by atoms with van der Waals surface area (Å²) in [6.45, 7) is 6.22. The number of halogens is 2. The lowest BCUT2D eigenvalue weighted by atomic mass is 9.97. The molecule has 8 heteroatoms. The van der Waals surface area contributed by atoms with E-state index < -0.39 is 11.6 Å². The number of rotatable bonds is 4. The molecule has 1 aliphatic rings. The zero-order valence-corrected chi connectivity index (χ0v) is 19.1. The van der Waals surface area contributed by atoms with Crippen molar-refractivity contribution in [2.45, 2.75) is 39.2 Å². The third-order valence-electron chi connectivity index (χ3n) is 6.08. The van der Waals surface area contributed by atoms with Gasteiger partial charge in [0.25, 0.3) is 5.91 Å². The van der Waals surface area contributed by atoms with Crippen LogP contribution < -0.4 is 10.1 Å². The first kappa shape index (κ1) is 22.0. The molecule has 0 radical (unpaired) electrons. The molecule has 0 bridgehead atoms. The molecule has 4 aromatic rings. The van der Waals surface area contributed by atoms with Gasteiger partial charge in [-0.2, -0.15) is 5.10 Å². The summed E-state index contributed by atoms with van der Waals surface area (Å²) in [5.41, 5.74) is 3.96. The van der Waals surface area contributed by atoms with Crippen molar-refractivity contribution in [2.75, 3.05) is 6.61 Å². The highest BCUT2D eigenvalue weighted by Crippen LogP contribution is 2.33. The Kier molecular flexibility index (Phi) is 5.51. The van der Waals surface area contributed by atoms with E-state index in [2.05, 4.69) is 15.4 Å². The van der Waals surface area contributed by atoms with Gasteiger partial charge in [-0.05, 0) is 31.0 Å². The topological polar surface area (TPSA) is 68.5 Å². The Hall–Kier alpha value is -3.81. The molecule has 0 saturated heterocycles. The van der Waals surface area contributed by atoms with Crippen LogP contribution >= 0.6 is 0 Å². The molecule has 1 amide bonds. The molecule has 0 saturated carbocycles. The van der Waals surface area contributed by atoms with Crippen molar-refractivity contribution in [1.29, 1.82) is 0 Å². The lowest BCUT2D eigenvalue weighted by Gasteiger charge is -2.27. The molecular weight excluding hydrogens is 438 g/mol. The highest BCUT2D eigenvalue weighted by atomic mass is 19.1. The van der Waals surface area contributed by atoms with Gasteiger partial charge in [0.2, 0.25) is 0 Å². The summed E-state index contributed by atoms with van der Waals surface area (Å²) >= 11 is 0. The average molecular weight is 463 g/mol. The van der Waals surface area contributed by atoms with Crippen molar-refractivity contribution < 1.29 is 18.3 Å². The summed E-state index contributed by atoms with van der Waals surface area (Å²) in [4.78, 5) is 18.1. The second kappa shape index (κ2) is 8.52. The number of hydrogen-bond acceptors (Lipinski definition) is 4. The summed E-state index contributed by atoms with van der Waals surface area (Å²) in [7, 11) is 0. The van der Waals surface area contributed by atoms with E-state index in [0.29, 0.717) is 41.2 Å². The fraction of sp³-hybridized carbons (Fsp3) is 0.269. The molecule has 0 spiro atoms. The summed E-state index contributed by atoms with van der Waals surface area (Å²) < 4.78 is 35.1. The van der Waals surface area contributed by atoms with Crippen molar-refractivity contribution in [3.8, 4) is 17.0 Å². The molecule has 0 fully saturated rings. The van der Waals surface area contributed by atoms with Gasteiger partial charge in [-0.1, -0.05) is 32.0 Å². The lowest BCUT2D eigenvalue weighted by Crippen LogP contribution is -2.33. The number of nitrogens with zero attached hydrogens (tertiary/aromatic N) is 3. The molecule has 3 heterocycles. The van der Waals surface area contributed by atoms with Gasteiger partial charge < -0.3 is 10.1 Å². The maximum atomic E-state index is 13.9. The van der Waals surface area contributed by atoms with Gasteiger partial charge in [0, 0.05) is 29.2 Å². The van der Waals surface area contributed by atoms with Gasteiger partial charge in [-0.3, -0.25) is 4.79 Å². The molecule has 0 aliphatic carbocycles. The zero-order chi connectivity index (χ0) is 24.0. The Bertz CT molecular complexity index is 1390. The predicted octanol–water partition coefficient (Wildman–Crippen LogP) is 5.36. The number of carbonyl (C=O) groups excluding carboxylic acids is 1. The van der Waals surface area contributed by atoms with Gasteiger partial charge in [-0.25, -0.2) is 18.3 Å². The van der Waals surface area contributed by atoms with Crippen LogP contribution in [0.4, 0.5) is 8.78 Å². The molecule has 1 N–H and O–H groups in total. The third-order valence-corrected chi connectivity index (χ3v) is 6.08. The number of amides is 1. The fourth-order valence-electron chi connectivity index (χ4n) is 4.61. The summed E-state index contributed by atoms with van der Waals surface area (Å²) in [5.74, 6) is -0.888. The third kappa shape index (κ3) is 3.79. The zero-order valence-electron chi connectivity index (χ0n) is 19.1. The van der Waals surface area contributed by atoms with Crippen LogP contribution in [0.15, 0.2) is 48.7 Å². The van der Waals surface area contributed by atoms with Gasteiger partial charge >= 0.3 is 0 Å². The molecule has 6 nitrogen and oxygen atoms in total. The Labute approximate surface area is 195 Å². The molecule has 1 aliphatic heterocycles. The van der Waals surface area contributed by atoms with E-state index in [1.807, 2.05) is 38.1 Å². The highest BCUT2D eigenvalue weighted by Gasteiger charge is 2.27. The van der Waals surface area contributed by atoms with Crippen LogP contribution in [0.1, 0.15) is 59.4 Å². The lowest BCUT2D eigenvalue weighted by molar-refractivity contribution is 0.0923. The first-order valence-electron chi connectivity index (χ1n) is 11.2. The van der Waals surface area contributed by atoms with E-state index >= 15 is 0 Å². The minimum absolute atomic E-state index is 0.0490. The Morgan fingerprint density at radius 1 is 1.18 bits per heavy atom. The predicted molar refractivity (Wildman–Crippen MR) is 124 cm³/mol. The van der Waals surface area contributed by atoms with Gasteiger partial charge in [-0.15, -0.1) is 0 Å². The summed E-state index contributed by atoms with van der Waals surface area (Å²) in [6, 6.07) is 10.8. The van der Waals surface area contributed by atoms with Crippen LogP contribution in [0.2, 0.25) is 0 Å². The Morgan fingerprint density at radius 3 is 2.65 bits per heavy atom. The van der Waals surface area contributed by atoms with Crippen LogP contribution in [0.3, 0.4) is 0 Å². The van der Waals surface area contributed by atoms with E-state index in [0.717, 1.165) is 22.9 Å². The highest BCUT2D eigenvalue weighted by molar-refractivity contribution is 5.97. The quantitative estimate of drug-likeness (QED) is 0.443. The largest absolute Gasteiger partial charge is 0.493 e. The van der Waals surface area contributed by atoms with E-state index in [4.69, 9.17) is 4.74 Å². The molecule has 1 unspecified atom stereocenters. The molecule has 2 aromatic carbocycles. The van der Waals surface area contributed by atoms with Crippen LogP contribution in [-0.4, -0.2) is 27.1 Å². The van der Waals surface area contributed by atoms with Crippen molar-refractivity contribution in [1.82, 2.24) is 19.9 Å². The van der Waals surface area contributed by atoms with Crippen molar-refractivity contribution in [3.05, 3.63) is 82.7 Å². The van der Waals surface area contributed by atoms with Crippen LogP contribution in [0.5, 0.6) is 5.75 Å². The maximum absolute atomic E-state index is 13.9. The molecule has 1 atom stereocenters. The fourth-order valence-corrected chi connectivity index (χ4v) is 4.61.